The fourth-order valence-corrected chi connectivity index (χ4v) is 5.47. The first kappa shape index (κ1) is 29.0. The Morgan fingerprint density at radius 1 is 1.18 bits per heavy atom. The molecule has 214 valence electrons. The molecule has 0 saturated heterocycles. The topological polar surface area (TPSA) is 232 Å². The molecule has 0 aliphatic heterocycles. The second kappa shape index (κ2) is 12.0. The number of carbonyl (C=O) groups is 2. The van der Waals surface area contributed by atoms with Crippen LogP contribution in [0.3, 0.4) is 0 Å². The van der Waals surface area contributed by atoms with E-state index < -0.39 is 39.6 Å². The SMILES string of the molecule is NC(CCc1cc(O)c(C(c2cccc(NS(=O)(=O)c3cnc[nH]3)c2)C2CC2)c(=O)o1)C(=O)CC[C@H](N)C(=O)O. The van der Waals surface area contributed by atoms with Crippen molar-refractivity contribution in [2.24, 2.45) is 17.4 Å². The summed E-state index contributed by atoms with van der Waals surface area (Å²) in [5, 5.41) is 19.6. The van der Waals surface area contributed by atoms with Gasteiger partial charge in [-0.15, -0.1) is 0 Å². The number of imidazole rings is 1. The average Bonchev–Trinajstić information content (AvgIpc) is 3.57. The number of nitrogens with zero attached hydrogens (tertiary/aromatic N) is 1. The summed E-state index contributed by atoms with van der Waals surface area (Å²) in [6.07, 6.45) is 4.15. The van der Waals surface area contributed by atoms with Crippen LogP contribution < -0.4 is 21.8 Å². The number of aromatic amines is 1. The van der Waals surface area contributed by atoms with Crippen molar-refractivity contribution in [1.29, 1.82) is 0 Å². The van der Waals surface area contributed by atoms with Crippen LogP contribution in [-0.4, -0.2) is 52.4 Å². The first-order valence-corrected chi connectivity index (χ1v) is 14.2. The number of rotatable bonds is 14. The maximum absolute atomic E-state index is 13.1. The van der Waals surface area contributed by atoms with Crippen molar-refractivity contribution < 1.29 is 32.6 Å². The highest BCUT2D eigenvalue weighted by molar-refractivity contribution is 7.92. The molecule has 1 aliphatic carbocycles. The third-order valence-corrected chi connectivity index (χ3v) is 8.12. The summed E-state index contributed by atoms with van der Waals surface area (Å²) >= 11 is 0. The molecule has 1 aliphatic rings. The van der Waals surface area contributed by atoms with E-state index in [1.54, 1.807) is 24.3 Å². The average molecular weight is 574 g/mol. The first-order valence-electron chi connectivity index (χ1n) is 12.7. The second-order valence-corrected chi connectivity index (χ2v) is 11.5. The van der Waals surface area contributed by atoms with Crippen molar-refractivity contribution in [3.8, 4) is 5.75 Å². The predicted molar refractivity (Wildman–Crippen MR) is 143 cm³/mol. The number of aromatic nitrogens is 2. The van der Waals surface area contributed by atoms with E-state index in [2.05, 4.69) is 14.7 Å². The number of aromatic hydroxyl groups is 1. The molecule has 4 rings (SSSR count). The summed E-state index contributed by atoms with van der Waals surface area (Å²) in [4.78, 5) is 42.4. The molecule has 14 heteroatoms. The van der Waals surface area contributed by atoms with E-state index >= 15 is 0 Å². The Kier molecular flexibility index (Phi) is 8.71. The molecule has 1 fully saturated rings. The van der Waals surface area contributed by atoms with Crippen LogP contribution in [0.2, 0.25) is 0 Å². The Morgan fingerprint density at radius 2 is 1.93 bits per heavy atom. The molecule has 0 bridgehead atoms. The molecule has 8 N–H and O–H groups in total. The molecule has 3 atom stereocenters. The molecule has 40 heavy (non-hydrogen) atoms. The smallest absolute Gasteiger partial charge is 0.343 e. The quantitative estimate of drug-likeness (QED) is 0.161. The number of carboxylic acids is 1. The lowest BCUT2D eigenvalue weighted by Crippen LogP contribution is -2.35. The molecular weight excluding hydrogens is 542 g/mol. The molecule has 0 radical (unpaired) electrons. The molecule has 1 aromatic carbocycles. The predicted octanol–water partition coefficient (Wildman–Crippen LogP) is 1.43. The van der Waals surface area contributed by atoms with Gasteiger partial charge < -0.3 is 31.1 Å². The minimum atomic E-state index is -3.90. The zero-order chi connectivity index (χ0) is 29.0. The van der Waals surface area contributed by atoms with E-state index in [9.17, 15) is 27.9 Å². The monoisotopic (exact) mass is 573 g/mol. The fraction of sp³-hybridized carbons (Fsp3) is 0.385. The van der Waals surface area contributed by atoms with E-state index in [-0.39, 0.29) is 65.2 Å². The van der Waals surface area contributed by atoms with Crippen LogP contribution in [0.5, 0.6) is 5.75 Å². The molecule has 2 unspecified atom stereocenters. The second-order valence-electron chi connectivity index (χ2n) is 9.86. The van der Waals surface area contributed by atoms with Crippen molar-refractivity contribution in [3.05, 3.63) is 70.2 Å². The van der Waals surface area contributed by atoms with Gasteiger partial charge in [0, 0.05) is 30.5 Å². The number of H-pyrrole nitrogens is 1. The zero-order valence-electron chi connectivity index (χ0n) is 21.4. The van der Waals surface area contributed by atoms with E-state index in [4.69, 9.17) is 21.0 Å². The minimum absolute atomic E-state index is 0.0409. The van der Waals surface area contributed by atoms with E-state index in [1.807, 2.05) is 0 Å². The lowest BCUT2D eigenvalue weighted by Gasteiger charge is -2.19. The van der Waals surface area contributed by atoms with Gasteiger partial charge in [0.25, 0.3) is 10.0 Å². The Balaban J connectivity index is 1.49. The number of aliphatic carboxylic acids is 1. The van der Waals surface area contributed by atoms with Crippen molar-refractivity contribution in [2.45, 2.75) is 61.6 Å². The van der Waals surface area contributed by atoms with Gasteiger partial charge in [0.05, 0.1) is 24.1 Å². The van der Waals surface area contributed by atoms with Crippen LogP contribution in [-0.2, 0) is 26.0 Å². The van der Waals surface area contributed by atoms with Crippen LogP contribution in [0.25, 0.3) is 0 Å². The molecule has 13 nitrogen and oxygen atoms in total. The highest BCUT2D eigenvalue weighted by Gasteiger charge is 2.37. The number of hydrogen-bond acceptors (Lipinski definition) is 10. The van der Waals surface area contributed by atoms with Crippen LogP contribution in [0.4, 0.5) is 5.69 Å². The molecule has 0 spiro atoms. The number of carbonyl (C=O) groups excluding carboxylic acids is 1. The summed E-state index contributed by atoms with van der Waals surface area (Å²) in [5.74, 6) is -2.15. The minimum Gasteiger partial charge on any atom is -0.507 e. The maximum Gasteiger partial charge on any atom is 0.343 e. The Morgan fingerprint density at radius 3 is 2.55 bits per heavy atom. The van der Waals surface area contributed by atoms with Crippen LogP contribution in [0.15, 0.2) is 57.1 Å². The standard InChI is InChI=1S/C26H31N5O8S/c27-18(20(32)9-8-19(28)25(34)35)7-6-17-11-21(33)24(26(36)39-17)23(14-4-5-14)15-2-1-3-16(10-15)31-40(37,38)22-12-29-13-30-22/h1-3,10-14,18-19,23,31,33H,4-9,27-28H2,(H,29,30)(H,34,35)/t18?,19-,23?/m0/s1. The van der Waals surface area contributed by atoms with Crippen LogP contribution >= 0.6 is 0 Å². The highest BCUT2D eigenvalue weighted by atomic mass is 32.2. The number of sulfonamides is 1. The number of Topliss-reactive ketones (excluding diaryl/α,β-unsaturated/α-hetero) is 1. The molecule has 2 aromatic heterocycles. The van der Waals surface area contributed by atoms with E-state index in [0.717, 1.165) is 12.8 Å². The van der Waals surface area contributed by atoms with Crippen LogP contribution in [0, 0.1) is 5.92 Å². The number of aryl methyl sites for hydroxylation is 1. The van der Waals surface area contributed by atoms with E-state index in [0.29, 0.717) is 5.56 Å². The Bertz CT molecular complexity index is 1530. The molecule has 2 heterocycles. The van der Waals surface area contributed by atoms with Gasteiger partial charge in [0.1, 0.15) is 23.3 Å². The number of ketones is 1. The first-order chi connectivity index (χ1) is 19.0. The Hall–Kier alpha value is -4.01. The number of nitrogens with two attached hydrogens (primary N) is 2. The van der Waals surface area contributed by atoms with E-state index in [1.165, 1.54) is 18.6 Å². The molecule has 1 saturated carbocycles. The van der Waals surface area contributed by atoms with Crippen molar-refractivity contribution >= 4 is 27.5 Å². The lowest BCUT2D eigenvalue weighted by molar-refractivity contribution is -0.138. The van der Waals surface area contributed by atoms with Crippen LogP contribution in [0.1, 0.15) is 54.9 Å². The molecule has 3 aromatic rings. The van der Waals surface area contributed by atoms with Gasteiger partial charge in [-0.2, -0.15) is 8.42 Å². The van der Waals surface area contributed by atoms with Crippen molar-refractivity contribution in [3.63, 3.8) is 0 Å². The third-order valence-electron chi connectivity index (χ3n) is 6.82. The lowest BCUT2D eigenvalue weighted by atomic mass is 9.87. The van der Waals surface area contributed by atoms with Gasteiger partial charge in [-0.3, -0.25) is 14.3 Å². The number of carboxylic acid groups (broad SMARTS) is 1. The van der Waals surface area contributed by atoms with Gasteiger partial charge in [-0.25, -0.2) is 9.78 Å². The van der Waals surface area contributed by atoms with Crippen molar-refractivity contribution in [1.82, 2.24) is 9.97 Å². The number of nitrogens with one attached hydrogen (secondary N) is 2. The summed E-state index contributed by atoms with van der Waals surface area (Å²) in [6.45, 7) is 0. The molecule has 0 amide bonds. The normalized spacial score (nSPS) is 15.8. The summed E-state index contributed by atoms with van der Waals surface area (Å²) in [7, 11) is -3.90. The largest absolute Gasteiger partial charge is 0.507 e. The zero-order valence-corrected chi connectivity index (χ0v) is 22.3. The summed E-state index contributed by atoms with van der Waals surface area (Å²) < 4.78 is 33.2. The van der Waals surface area contributed by atoms with Gasteiger partial charge in [-0.05, 0) is 49.3 Å². The molecular formula is C26H31N5O8S. The van der Waals surface area contributed by atoms with Gasteiger partial charge >= 0.3 is 11.6 Å². The fourth-order valence-electron chi connectivity index (χ4n) is 4.51. The number of benzene rings is 1. The summed E-state index contributed by atoms with van der Waals surface area (Å²) in [5.41, 5.74) is 11.6. The van der Waals surface area contributed by atoms with Gasteiger partial charge in [0.15, 0.2) is 5.03 Å². The van der Waals surface area contributed by atoms with Gasteiger partial charge in [0.2, 0.25) is 0 Å². The van der Waals surface area contributed by atoms with Gasteiger partial charge in [-0.1, -0.05) is 12.1 Å². The number of hydrogen-bond donors (Lipinski definition) is 6. The Labute approximate surface area is 229 Å². The maximum atomic E-state index is 13.1. The van der Waals surface area contributed by atoms with Crippen molar-refractivity contribution in [2.75, 3.05) is 4.72 Å². The highest BCUT2D eigenvalue weighted by Crippen LogP contribution is 2.48. The number of anilines is 1. The summed E-state index contributed by atoms with van der Waals surface area (Å²) in [6, 6.07) is 5.86. The third kappa shape index (κ3) is 6.94.